The minimum Gasteiger partial charge on any atom is -0.357 e. The summed E-state index contributed by atoms with van der Waals surface area (Å²) in [5.41, 5.74) is 4.84. The van der Waals surface area contributed by atoms with E-state index >= 15 is 0 Å². The number of H-pyrrole nitrogens is 1. The summed E-state index contributed by atoms with van der Waals surface area (Å²) < 4.78 is 0. The molecule has 0 saturated carbocycles. The third kappa shape index (κ3) is 4.70. The van der Waals surface area contributed by atoms with Crippen molar-refractivity contribution >= 4 is 28.4 Å². The molecule has 8 heteroatoms. The summed E-state index contributed by atoms with van der Waals surface area (Å²) in [7, 11) is 4.04. The summed E-state index contributed by atoms with van der Waals surface area (Å²) in [4.78, 5) is 34.0. The van der Waals surface area contributed by atoms with Gasteiger partial charge >= 0.3 is 0 Å². The predicted molar refractivity (Wildman–Crippen MR) is 130 cm³/mol. The van der Waals surface area contributed by atoms with Crippen LogP contribution in [-0.2, 0) is 6.54 Å². The molecule has 1 aliphatic rings. The normalized spacial score (nSPS) is 13.7. The van der Waals surface area contributed by atoms with Gasteiger partial charge in [-0.05, 0) is 69.4 Å². The maximum Gasteiger partial charge on any atom is 0.257 e. The molecule has 1 saturated heterocycles. The Bertz CT molecular complexity index is 1260. The van der Waals surface area contributed by atoms with E-state index in [2.05, 4.69) is 35.1 Å². The summed E-state index contributed by atoms with van der Waals surface area (Å²) in [5.74, 6) is 1.49. The summed E-state index contributed by atoms with van der Waals surface area (Å²) in [5, 5.41) is 2.96. The van der Waals surface area contributed by atoms with Crippen molar-refractivity contribution in [2.75, 3.05) is 37.4 Å². The highest BCUT2D eigenvalue weighted by Gasteiger charge is 2.15. The van der Waals surface area contributed by atoms with E-state index in [0.29, 0.717) is 11.3 Å². The van der Waals surface area contributed by atoms with Gasteiger partial charge in [-0.1, -0.05) is 0 Å². The fraction of sp³-hybridized carbons (Fsp3) is 0.280. The molecule has 168 valence electrons. The molecule has 4 heterocycles. The molecule has 1 aliphatic heterocycles. The smallest absolute Gasteiger partial charge is 0.257 e. The van der Waals surface area contributed by atoms with E-state index in [1.165, 1.54) is 12.8 Å². The number of anilines is 2. The fourth-order valence-corrected chi connectivity index (χ4v) is 4.06. The second kappa shape index (κ2) is 8.99. The third-order valence-electron chi connectivity index (χ3n) is 5.76. The van der Waals surface area contributed by atoms with E-state index in [1.807, 2.05) is 62.8 Å². The molecule has 3 aromatic heterocycles. The Morgan fingerprint density at radius 3 is 2.61 bits per heavy atom. The molecule has 0 bridgehead atoms. The molecule has 0 atom stereocenters. The second-order valence-corrected chi connectivity index (χ2v) is 8.65. The van der Waals surface area contributed by atoms with Gasteiger partial charge in [0.15, 0.2) is 0 Å². The molecule has 33 heavy (non-hydrogen) atoms. The number of benzene rings is 1. The van der Waals surface area contributed by atoms with Crippen molar-refractivity contribution in [3.8, 4) is 11.4 Å². The first-order valence-electron chi connectivity index (χ1n) is 11.2. The Balaban J connectivity index is 1.29. The quantitative estimate of drug-likeness (QED) is 0.471. The number of nitrogens with zero attached hydrogens (tertiary/aromatic N) is 5. The van der Waals surface area contributed by atoms with Crippen molar-refractivity contribution in [1.29, 1.82) is 0 Å². The van der Waals surface area contributed by atoms with Crippen molar-refractivity contribution in [2.45, 2.75) is 19.4 Å². The average molecular weight is 442 g/mol. The Hall–Kier alpha value is -3.78. The number of aromatic amines is 1. The van der Waals surface area contributed by atoms with Crippen LogP contribution in [0.5, 0.6) is 0 Å². The number of pyridine rings is 2. The topological polar surface area (TPSA) is 90.0 Å². The van der Waals surface area contributed by atoms with Crippen LogP contribution in [0.1, 0.15) is 28.9 Å². The fourth-order valence-electron chi connectivity index (χ4n) is 4.06. The zero-order chi connectivity index (χ0) is 22.8. The van der Waals surface area contributed by atoms with Crippen molar-refractivity contribution in [2.24, 2.45) is 0 Å². The highest BCUT2D eigenvalue weighted by molar-refractivity contribution is 6.05. The van der Waals surface area contributed by atoms with Gasteiger partial charge < -0.3 is 20.1 Å². The lowest BCUT2D eigenvalue weighted by Crippen LogP contribution is -2.19. The van der Waals surface area contributed by atoms with Gasteiger partial charge in [0, 0.05) is 43.3 Å². The van der Waals surface area contributed by atoms with Crippen LogP contribution in [0.3, 0.4) is 0 Å². The lowest BCUT2D eigenvalue weighted by molar-refractivity contribution is 0.102. The van der Waals surface area contributed by atoms with Crippen LogP contribution in [0.25, 0.3) is 22.4 Å². The molecule has 1 amide bonds. The largest absolute Gasteiger partial charge is 0.357 e. The van der Waals surface area contributed by atoms with Gasteiger partial charge in [0.1, 0.15) is 11.6 Å². The second-order valence-electron chi connectivity index (χ2n) is 8.65. The van der Waals surface area contributed by atoms with Gasteiger partial charge in [0.25, 0.3) is 5.91 Å². The summed E-state index contributed by atoms with van der Waals surface area (Å²) in [6, 6.07) is 13.4. The summed E-state index contributed by atoms with van der Waals surface area (Å²) >= 11 is 0. The number of nitrogens with one attached hydrogen (secondary N) is 2. The average Bonchev–Trinajstić information content (AvgIpc) is 3.49. The number of carbonyl (C=O) groups excluding carboxylic acids is 1. The first-order chi connectivity index (χ1) is 16.0. The number of carbonyl (C=O) groups is 1. The minimum atomic E-state index is -0.185. The Morgan fingerprint density at radius 2 is 1.91 bits per heavy atom. The molecular formula is C25H27N7O. The van der Waals surface area contributed by atoms with Gasteiger partial charge in [-0.3, -0.25) is 9.78 Å². The van der Waals surface area contributed by atoms with Crippen molar-refractivity contribution in [3.05, 3.63) is 66.1 Å². The number of amides is 1. The highest BCUT2D eigenvalue weighted by Crippen LogP contribution is 2.23. The molecule has 1 fully saturated rings. The van der Waals surface area contributed by atoms with Crippen molar-refractivity contribution in [1.82, 2.24) is 24.8 Å². The number of imidazole rings is 1. The number of hydrogen-bond donors (Lipinski definition) is 2. The Morgan fingerprint density at radius 1 is 1.06 bits per heavy atom. The number of aromatic nitrogens is 4. The molecular weight excluding hydrogens is 414 g/mol. The van der Waals surface area contributed by atoms with Gasteiger partial charge in [-0.25, -0.2) is 9.97 Å². The molecule has 0 aliphatic carbocycles. The molecule has 0 spiro atoms. The predicted octanol–water partition coefficient (Wildman–Crippen LogP) is 3.93. The lowest BCUT2D eigenvalue weighted by Gasteiger charge is -2.16. The van der Waals surface area contributed by atoms with E-state index in [4.69, 9.17) is 0 Å². The molecule has 0 radical (unpaired) electrons. The molecule has 8 nitrogen and oxygen atoms in total. The van der Waals surface area contributed by atoms with Gasteiger partial charge in [-0.2, -0.15) is 0 Å². The van der Waals surface area contributed by atoms with E-state index in [-0.39, 0.29) is 5.91 Å². The maximum atomic E-state index is 12.7. The monoisotopic (exact) mass is 441 g/mol. The molecule has 2 N–H and O–H groups in total. The summed E-state index contributed by atoms with van der Waals surface area (Å²) in [6.45, 7) is 2.85. The van der Waals surface area contributed by atoms with Crippen LogP contribution in [0.4, 0.5) is 11.5 Å². The van der Waals surface area contributed by atoms with Gasteiger partial charge in [-0.15, -0.1) is 0 Å². The standard InChI is InChI=1S/C25H27N7O/c1-31(2)16-20-7-5-17(14-26-20)24-29-21-9-8-19(13-22(21)30-24)28-25(33)18-6-10-23(27-15-18)32-11-3-4-12-32/h5-10,13-15H,3-4,11-12,16H2,1-2H3,(H,28,33)(H,29,30). The van der Waals surface area contributed by atoms with E-state index in [1.54, 1.807) is 6.20 Å². The lowest BCUT2D eigenvalue weighted by atomic mass is 10.2. The minimum absolute atomic E-state index is 0.185. The number of rotatable bonds is 6. The molecule has 5 rings (SSSR count). The van der Waals surface area contributed by atoms with Crippen LogP contribution < -0.4 is 10.2 Å². The Kier molecular flexibility index (Phi) is 5.75. The first-order valence-corrected chi connectivity index (χ1v) is 11.2. The van der Waals surface area contributed by atoms with Crippen LogP contribution in [0.15, 0.2) is 54.9 Å². The van der Waals surface area contributed by atoms with E-state index < -0.39 is 0 Å². The van der Waals surface area contributed by atoms with Gasteiger partial charge in [0.05, 0.1) is 22.3 Å². The first kappa shape index (κ1) is 21.1. The van der Waals surface area contributed by atoms with Crippen molar-refractivity contribution in [3.63, 3.8) is 0 Å². The molecule has 0 unspecified atom stereocenters. The van der Waals surface area contributed by atoms with Crippen LogP contribution in [0, 0.1) is 0 Å². The Labute approximate surface area is 192 Å². The highest BCUT2D eigenvalue weighted by atomic mass is 16.1. The van der Waals surface area contributed by atoms with Gasteiger partial charge in [0.2, 0.25) is 0 Å². The zero-order valence-corrected chi connectivity index (χ0v) is 18.9. The SMILES string of the molecule is CN(C)Cc1ccc(-c2nc3ccc(NC(=O)c4ccc(N5CCCC5)nc4)cc3[nH]2)cn1. The van der Waals surface area contributed by atoms with E-state index in [0.717, 1.165) is 53.6 Å². The molecule has 4 aromatic rings. The number of hydrogen-bond acceptors (Lipinski definition) is 6. The van der Waals surface area contributed by atoms with E-state index in [9.17, 15) is 4.79 Å². The van der Waals surface area contributed by atoms with Crippen LogP contribution >= 0.6 is 0 Å². The molecule has 1 aromatic carbocycles. The van der Waals surface area contributed by atoms with Crippen molar-refractivity contribution < 1.29 is 4.79 Å². The summed E-state index contributed by atoms with van der Waals surface area (Å²) in [6.07, 6.45) is 5.86. The van der Waals surface area contributed by atoms with Crippen LogP contribution in [0.2, 0.25) is 0 Å². The number of fused-ring (bicyclic) bond motifs is 1. The third-order valence-corrected chi connectivity index (χ3v) is 5.76. The van der Waals surface area contributed by atoms with Crippen LogP contribution in [-0.4, -0.2) is 57.9 Å². The maximum absolute atomic E-state index is 12.7. The zero-order valence-electron chi connectivity index (χ0n) is 18.9.